The summed E-state index contributed by atoms with van der Waals surface area (Å²) in [5, 5.41) is 9.09. The number of nitrogens with zero attached hydrogens (tertiary/aromatic N) is 1. The standard InChI is InChI=1S/C26H19F4NO6/c1-14-23(17-5-3-15(4-6-17)16-7-9-18(10-8-16)37-26(28,29)30)24(35-13-36-25(32)33)19-11-20(27)22(34-2)12-21(19)31-14/h3-12H,13H2,1-2H3,(H,32,33). The molecule has 0 saturated heterocycles. The highest BCUT2D eigenvalue weighted by Gasteiger charge is 2.31. The maximum atomic E-state index is 14.5. The number of fused-ring (bicyclic) bond motifs is 1. The summed E-state index contributed by atoms with van der Waals surface area (Å²) in [4.78, 5) is 15.4. The molecule has 7 nitrogen and oxygen atoms in total. The van der Waals surface area contributed by atoms with Crippen LogP contribution in [0, 0.1) is 12.7 Å². The predicted octanol–water partition coefficient (Wildman–Crippen LogP) is 6.95. The Morgan fingerprint density at radius 1 is 0.973 bits per heavy atom. The molecule has 0 radical (unpaired) electrons. The molecule has 0 amide bonds. The lowest BCUT2D eigenvalue weighted by Crippen LogP contribution is -2.16. The Balaban J connectivity index is 1.74. The maximum absolute atomic E-state index is 14.5. The molecule has 0 atom stereocenters. The number of carboxylic acid groups (broad SMARTS) is 1. The molecule has 0 bridgehead atoms. The van der Waals surface area contributed by atoms with Crippen molar-refractivity contribution in [3.8, 4) is 39.5 Å². The molecule has 1 aromatic heterocycles. The number of halogens is 4. The molecule has 0 aliphatic heterocycles. The minimum absolute atomic E-state index is 0.0177. The largest absolute Gasteiger partial charge is 0.573 e. The Morgan fingerprint density at radius 2 is 1.57 bits per heavy atom. The normalized spacial score (nSPS) is 11.3. The Bertz CT molecular complexity index is 1440. The molecule has 4 aromatic rings. The van der Waals surface area contributed by atoms with Crippen molar-refractivity contribution in [3.63, 3.8) is 0 Å². The Labute approximate surface area is 207 Å². The second-order valence-corrected chi connectivity index (χ2v) is 7.73. The molecular formula is C26H19F4NO6. The molecule has 0 saturated carbocycles. The summed E-state index contributed by atoms with van der Waals surface area (Å²) in [6.07, 6.45) is -6.32. The Hall–Kier alpha value is -4.54. The monoisotopic (exact) mass is 517 g/mol. The summed E-state index contributed by atoms with van der Waals surface area (Å²) in [5.74, 6) is -0.855. The number of rotatable bonds is 7. The molecule has 4 rings (SSSR count). The lowest BCUT2D eigenvalue weighted by Gasteiger charge is -2.17. The quantitative estimate of drug-likeness (QED) is 0.161. The summed E-state index contributed by atoms with van der Waals surface area (Å²) in [6, 6.07) is 14.9. The number of ether oxygens (including phenoxy) is 4. The number of pyridine rings is 1. The first kappa shape index (κ1) is 25.5. The van der Waals surface area contributed by atoms with Gasteiger partial charge in [-0.1, -0.05) is 36.4 Å². The van der Waals surface area contributed by atoms with Crippen LogP contribution < -0.4 is 14.2 Å². The van der Waals surface area contributed by atoms with Gasteiger partial charge in [0.05, 0.1) is 12.6 Å². The average Bonchev–Trinajstić information content (AvgIpc) is 2.83. The van der Waals surface area contributed by atoms with Gasteiger partial charge < -0.3 is 24.1 Å². The number of hydrogen-bond acceptors (Lipinski definition) is 6. The van der Waals surface area contributed by atoms with Crippen LogP contribution in [0.4, 0.5) is 22.4 Å². The van der Waals surface area contributed by atoms with E-state index in [1.54, 1.807) is 31.2 Å². The van der Waals surface area contributed by atoms with Crippen LogP contribution in [0.25, 0.3) is 33.2 Å². The second-order valence-electron chi connectivity index (χ2n) is 7.73. The van der Waals surface area contributed by atoms with E-state index in [-0.39, 0.29) is 22.6 Å². The molecule has 0 unspecified atom stereocenters. The number of aryl methyl sites for hydroxylation is 1. The third-order valence-corrected chi connectivity index (χ3v) is 5.37. The van der Waals surface area contributed by atoms with E-state index >= 15 is 0 Å². The van der Waals surface area contributed by atoms with E-state index in [2.05, 4.69) is 14.5 Å². The molecule has 0 spiro atoms. The number of methoxy groups -OCH3 is 1. The Kier molecular flexibility index (Phi) is 7.05. The number of hydrogen-bond donors (Lipinski definition) is 1. The van der Waals surface area contributed by atoms with Gasteiger partial charge in [-0.25, -0.2) is 9.18 Å². The van der Waals surface area contributed by atoms with Crippen LogP contribution in [0.3, 0.4) is 0 Å². The molecule has 192 valence electrons. The lowest BCUT2D eigenvalue weighted by atomic mass is 9.97. The van der Waals surface area contributed by atoms with E-state index < -0.39 is 25.1 Å². The summed E-state index contributed by atoms with van der Waals surface area (Å²) in [5.41, 5.74) is 3.33. The average molecular weight is 517 g/mol. The smallest absolute Gasteiger partial charge is 0.494 e. The van der Waals surface area contributed by atoms with Gasteiger partial charge in [0.2, 0.25) is 6.79 Å². The highest BCUT2D eigenvalue weighted by atomic mass is 19.4. The number of carbonyl (C=O) groups is 1. The van der Waals surface area contributed by atoms with Gasteiger partial charge in [0.1, 0.15) is 11.5 Å². The van der Waals surface area contributed by atoms with Crippen LogP contribution in [0.2, 0.25) is 0 Å². The fourth-order valence-electron chi connectivity index (χ4n) is 3.82. The van der Waals surface area contributed by atoms with Crippen molar-refractivity contribution in [3.05, 3.63) is 72.2 Å². The fraction of sp³-hybridized carbons (Fsp3) is 0.154. The first-order chi connectivity index (χ1) is 17.6. The van der Waals surface area contributed by atoms with Gasteiger partial charge >= 0.3 is 12.5 Å². The molecular weight excluding hydrogens is 498 g/mol. The number of alkyl halides is 3. The van der Waals surface area contributed by atoms with Gasteiger partial charge in [-0.3, -0.25) is 4.98 Å². The van der Waals surface area contributed by atoms with E-state index in [1.165, 1.54) is 43.5 Å². The van der Waals surface area contributed by atoms with E-state index in [0.29, 0.717) is 33.5 Å². The zero-order chi connectivity index (χ0) is 26.7. The first-order valence-corrected chi connectivity index (χ1v) is 10.7. The summed E-state index contributed by atoms with van der Waals surface area (Å²) in [6.45, 7) is 1.07. The highest BCUT2D eigenvalue weighted by Crippen LogP contribution is 2.40. The molecule has 1 N–H and O–H groups in total. The lowest BCUT2D eigenvalue weighted by molar-refractivity contribution is -0.274. The zero-order valence-electron chi connectivity index (χ0n) is 19.4. The van der Waals surface area contributed by atoms with Gasteiger partial charge in [0, 0.05) is 22.7 Å². The van der Waals surface area contributed by atoms with Crippen molar-refractivity contribution < 1.29 is 46.4 Å². The van der Waals surface area contributed by atoms with E-state index in [9.17, 15) is 22.4 Å². The summed E-state index contributed by atoms with van der Waals surface area (Å²) < 4.78 is 70.8. The number of aromatic nitrogens is 1. The second kappa shape index (κ2) is 10.2. The molecule has 0 fully saturated rings. The molecule has 37 heavy (non-hydrogen) atoms. The van der Waals surface area contributed by atoms with Gasteiger partial charge in [0.15, 0.2) is 11.6 Å². The van der Waals surface area contributed by atoms with Crippen LogP contribution >= 0.6 is 0 Å². The molecule has 0 aliphatic rings. The predicted molar refractivity (Wildman–Crippen MR) is 125 cm³/mol. The van der Waals surface area contributed by atoms with Crippen LogP contribution in [0.5, 0.6) is 17.2 Å². The summed E-state index contributed by atoms with van der Waals surface area (Å²) >= 11 is 0. The topological polar surface area (TPSA) is 87.1 Å². The highest BCUT2D eigenvalue weighted by molar-refractivity contribution is 5.94. The third-order valence-electron chi connectivity index (χ3n) is 5.37. The van der Waals surface area contributed by atoms with Crippen molar-refractivity contribution in [1.29, 1.82) is 0 Å². The minimum Gasteiger partial charge on any atom is -0.494 e. The Morgan fingerprint density at radius 3 is 2.14 bits per heavy atom. The fourth-order valence-corrected chi connectivity index (χ4v) is 3.82. The summed E-state index contributed by atoms with van der Waals surface area (Å²) in [7, 11) is 1.32. The molecule has 11 heteroatoms. The zero-order valence-corrected chi connectivity index (χ0v) is 19.4. The maximum Gasteiger partial charge on any atom is 0.573 e. The van der Waals surface area contributed by atoms with E-state index in [1.807, 2.05) is 0 Å². The van der Waals surface area contributed by atoms with Crippen molar-refractivity contribution in [2.45, 2.75) is 13.3 Å². The van der Waals surface area contributed by atoms with Gasteiger partial charge in [-0.15, -0.1) is 13.2 Å². The SMILES string of the molecule is COc1cc2nc(C)c(-c3ccc(-c4ccc(OC(F)(F)F)cc4)cc3)c(OCOC(=O)O)c2cc1F. The van der Waals surface area contributed by atoms with Gasteiger partial charge in [-0.2, -0.15) is 0 Å². The van der Waals surface area contributed by atoms with E-state index in [0.717, 1.165) is 0 Å². The molecule has 3 aromatic carbocycles. The third kappa shape index (κ3) is 5.83. The molecule has 1 heterocycles. The van der Waals surface area contributed by atoms with Crippen LogP contribution in [0.1, 0.15) is 5.69 Å². The number of benzene rings is 3. The van der Waals surface area contributed by atoms with E-state index in [4.69, 9.17) is 14.6 Å². The van der Waals surface area contributed by atoms with Crippen molar-refractivity contribution in [2.24, 2.45) is 0 Å². The van der Waals surface area contributed by atoms with Crippen LogP contribution in [0.15, 0.2) is 60.7 Å². The van der Waals surface area contributed by atoms with Crippen molar-refractivity contribution in [2.75, 3.05) is 13.9 Å². The van der Waals surface area contributed by atoms with Crippen LogP contribution in [-0.2, 0) is 4.74 Å². The van der Waals surface area contributed by atoms with Gasteiger partial charge in [-0.05, 0) is 41.8 Å². The molecule has 0 aliphatic carbocycles. The van der Waals surface area contributed by atoms with Crippen molar-refractivity contribution >= 4 is 17.1 Å². The minimum atomic E-state index is -4.78. The van der Waals surface area contributed by atoms with Gasteiger partial charge in [0.25, 0.3) is 0 Å². The first-order valence-electron chi connectivity index (χ1n) is 10.7. The van der Waals surface area contributed by atoms with Crippen molar-refractivity contribution in [1.82, 2.24) is 4.98 Å². The van der Waals surface area contributed by atoms with Crippen LogP contribution in [-0.4, -0.2) is 36.5 Å².